The normalized spacial score (nSPS) is 16.7. The van der Waals surface area contributed by atoms with Crippen LogP contribution in [0.5, 0.6) is 0 Å². The average Bonchev–Trinajstić information content (AvgIpc) is 2.31. The zero-order valence-electron chi connectivity index (χ0n) is 9.29. The standard InChI is InChI=1S/C12H19N3/c1-13-10-11-4-2-3-5-12(11)15-8-6-14-7-9-15/h2-5,13-14H,6-10H2,1H3. The maximum absolute atomic E-state index is 3.38. The van der Waals surface area contributed by atoms with Crippen molar-refractivity contribution in [2.45, 2.75) is 6.54 Å². The Morgan fingerprint density at radius 1 is 1.27 bits per heavy atom. The molecule has 15 heavy (non-hydrogen) atoms. The number of benzene rings is 1. The Balaban J connectivity index is 2.17. The molecule has 0 bridgehead atoms. The van der Waals surface area contributed by atoms with E-state index >= 15 is 0 Å². The third-order valence-corrected chi connectivity index (χ3v) is 2.82. The molecule has 0 aliphatic carbocycles. The van der Waals surface area contributed by atoms with E-state index in [-0.39, 0.29) is 0 Å². The first-order valence-electron chi connectivity index (χ1n) is 5.60. The lowest BCUT2D eigenvalue weighted by Gasteiger charge is -2.31. The van der Waals surface area contributed by atoms with Gasteiger partial charge in [0.25, 0.3) is 0 Å². The Hall–Kier alpha value is -1.06. The number of piperazine rings is 1. The van der Waals surface area contributed by atoms with Gasteiger partial charge in [0.05, 0.1) is 0 Å². The molecule has 82 valence electrons. The maximum atomic E-state index is 3.38. The topological polar surface area (TPSA) is 27.3 Å². The summed E-state index contributed by atoms with van der Waals surface area (Å²) in [6, 6.07) is 8.65. The molecule has 0 atom stereocenters. The molecule has 0 amide bonds. The van der Waals surface area contributed by atoms with Gasteiger partial charge < -0.3 is 15.5 Å². The minimum Gasteiger partial charge on any atom is -0.369 e. The Morgan fingerprint density at radius 3 is 2.73 bits per heavy atom. The van der Waals surface area contributed by atoms with E-state index in [0.717, 1.165) is 32.7 Å². The van der Waals surface area contributed by atoms with Gasteiger partial charge in [-0.15, -0.1) is 0 Å². The fourth-order valence-electron chi connectivity index (χ4n) is 2.07. The molecular formula is C12H19N3. The van der Waals surface area contributed by atoms with Gasteiger partial charge >= 0.3 is 0 Å². The molecular weight excluding hydrogens is 186 g/mol. The Labute approximate surface area is 91.5 Å². The summed E-state index contributed by atoms with van der Waals surface area (Å²) in [5, 5.41) is 6.60. The molecule has 1 saturated heterocycles. The van der Waals surface area contributed by atoms with Crippen molar-refractivity contribution >= 4 is 5.69 Å². The van der Waals surface area contributed by atoms with E-state index < -0.39 is 0 Å². The summed E-state index contributed by atoms with van der Waals surface area (Å²) in [5.74, 6) is 0. The molecule has 2 N–H and O–H groups in total. The largest absolute Gasteiger partial charge is 0.369 e. The van der Waals surface area contributed by atoms with Crippen LogP contribution >= 0.6 is 0 Å². The van der Waals surface area contributed by atoms with Gasteiger partial charge in [0.2, 0.25) is 0 Å². The van der Waals surface area contributed by atoms with Gasteiger partial charge in [-0.1, -0.05) is 18.2 Å². The van der Waals surface area contributed by atoms with Crippen molar-refractivity contribution in [1.29, 1.82) is 0 Å². The summed E-state index contributed by atoms with van der Waals surface area (Å²) in [5.41, 5.74) is 2.77. The molecule has 0 saturated carbocycles. The predicted octanol–water partition coefficient (Wildman–Crippen LogP) is 0.816. The highest BCUT2D eigenvalue weighted by Gasteiger charge is 2.12. The molecule has 1 aromatic carbocycles. The Kier molecular flexibility index (Phi) is 3.59. The van der Waals surface area contributed by atoms with Crippen LogP contribution in [-0.4, -0.2) is 33.2 Å². The zero-order chi connectivity index (χ0) is 10.5. The van der Waals surface area contributed by atoms with Crippen molar-refractivity contribution in [2.75, 3.05) is 38.1 Å². The van der Waals surface area contributed by atoms with Crippen LogP contribution in [0, 0.1) is 0 Å². The number of hydrogen-bond acceptors (Lipinski definition) is 3. The van der Waals surface area contributed by atoms with Crippen molar-refractivity contribution in [3.63, 3.8) is 0 Å². The Morgan fingerprint density at radius 2 is 2.00 bits per heavy atom. The van der Waals surface area contributed by atoms with Gasteiger partial charge in [-0.3, -0.25) is 0 Å². The quantitative estimate of drug-likeness (QED) is 0.765. The average molecular weight is 205 g/mol. The van der Waals surface area contributed by atoms with Crippen molar-refractivity contribution < 1.29 is 0 Å². The monoisotopic (exact) mass is 205 g/mol. The molecule has 3 heteroatoms. The first-order valence-corrected chi connectivity index (χ1v) is 5.60. The van der Waals surface area contributed by atoms with Crippen LogP contribution in [0.1, 0.15) is 5.56 Å². The van der Waals surface area contributed by atoms with E-state index in [1.54, 1.807) is 0 Å². The SMILES string of the molecule is CNCc1ccccc1N1CCNCC1. The summed E-state index contributed by atoms with van der Waals surface area (Å²) < 4.78 is 0. The second-order valence-corrected chi connectivity index (χ2v) is 3.90. The van der Waals surface area contributed by atoms with E-state index in [0.29, 0.717) is 0 Å². The van der Waals surface area contributed by atoms with Gasteiger partial charge in [-0.2, -0.15) is 0 Å². The smallest absolute Gasteiger partial charge is 0.0412 e. The second kappa shape index (κ2) is 5.14. The molecule has 0 unspecified atom stereocenters. The number of nitrogens with one attached hydrogen (secondary N) is 2. The van der Waals surface area contributed by atoms with E-state index in [4.69, 9.17) is 0 Å². The van der Waals surface area contributed by atoms with Crippen molar-refractivity contribution in [3.05, 3.63) is 29.8 Å². The van der Waals surface area contributed by atoms with Crippen LogP contribution < -0.4 is 15.5 Å². The van der Waals surface area contributed by atoms with Crippen LogP contribution in [0.3, 0.4) is 0 Å². The van der Waals surface area contributed by atoms with Crippen molar-refractivity contribution in [3.8, 4) is 0 Å². The van der Waals surface area contributed by atoms with Crippen LogP contribution in [0.4, 0.5) is 5.69 Å². The van der Waals surface area contributed by atoms with Crippen molar-refractivity contribution in [1.82, 2.24) is 10.6 Å². The van der Waals surface area contributed by atoms with Crippen molar-refractivity contribution in [2.24, 2.45) is 0 Å². The van der Waals surface area contributed by atoms with Crippen LogP contribution in [0.2, 0.25) is 0 Å². The first kappa shape index (κ1) is 10.5. The molecule has 2 rings (SSSR count). The van der Waals surface area contributed by atoms with E-state index in [9.17, 15) is 0 Å². The fourth-order valence-corrected chi connectivity index (χ4v) is 2.07. The van der Waals surface area contributed by atoms with Crippen LogP contribution in [0.15, 0.2) is 24.3 Å². The molecule has 0 radical (unpaired) electrons. The van der Waals surface area contributed by atoms with E-state index in [2.05, 4.69) is 39.8 Å². The minimum absolute atomic E-state index is 0.945. The molecule has 0 spiro atoms. The summed E-state index contributed by atoms with van der Waals surface area (Å²) in [4.78, 5) is 2.46. The molecule has 1 heterocycles. The molecule has 1 fully saturated rings. The second-order valence-electron chi connectivity index (χ2n) is 3.90. The third kappa shape index (κ3) is 2.49. The molecule has 1 aliphatic rings. The highest BCUT2D eigenvalue weighted by atomic mass is 15.2. The van der Waals surface area contributed by atoms with Gasteiger partial charge in [0.1, 0.15) is 0 Å². The van der Waals surface area contributed by atoms with Gasteiger partial charge in [-0.25, -0.2) is 0 Å². The maximum Gasteiger partial charge on any atom is 0.0412 e. The van der Waals surface area contributed by atoms with Gasteiger partial charge in [0, 0.05) is 38.4 Å². The Bertz CT molecular complexity index is 305. The third-order valence-electron chi connectivity index (χ3n) is 2.82. The number of para-hydroxylation sites is 1. The first-order chi connectivity index (χ1) is 7.42. The zero-order valence-corrected chi connectivity index (χ0v) is 9.29. The lowest BCUT2D eigenvalue weighted by Crippen LogP contribution is -2.44. The fraction of sp³-hybridized carbons (Fsp3) is 0.500. The van der Waals surface area contributed by atoms with Gasteiger partial charge in [0.15, 0.2) is 0 Å². The van der Waals surface area contributed by atoms with E-state index in [1.807, 2.05) is 7.05 Å². The van der Waals surface area contributed by atoms with Crippen LogP contribution in [0.25, 0.3) is 0 Å². The predicted molar refractivity (Wildman–Crippen MR) is 64.3 cm³/mol. The number of rotatable bonds is 3. The van der Waals surface area contributed by atoms with E-state index in [1.165, 1.54) is 11.3 Å². The molecule has 1 aromatic rings. The number of hydrogen-bond donors (Lipinski definition) is 2. The number of anilines is 1. The summed E-state index contributed by atoms with van der Waals surface area (Å²) >= 11 is 0. The highest BCUT2D eigenvalue weighted by molar-refractivity contribution is 5.54. The molecule has 0 aromatic heterocycles. The molecule has 3 nitrogen and oxygen atoms in total. The summed E-state index contributed by atoms with van der Waals surface area (Å²) in [6.07, 6.45) is 0. The summed E-state index contributed by atoms with van der Waals surface area (Å²) in [6.45, 7) is 5.35. The lowest BCUT2D eigenvalue weighted by molar-refractivity contribution is 0.587. The lowest BCUT2D eigenvalue weighted by atomic mass is 10.1. The highest BCUT2D eigenvalue weighted by Crippen LogP contribution is 2.20. The summed E-state index contributed by atoms with van der Waals surface area (Å²) in [7, 11) is 1.99. The number of nitrogens with zero attached hydrogens (tertiary/aromatic N) is 1. The molecule has 1 aliphatic heterocycles. The van der Waals surface area contributed by atoms with Gasteiger partial charge in [-0.05, 0) is 18.7 Å². The minimum atomic E-state index is 0.945. The van der Waals surface area contributed by atoms with Crippen LogP contribution in [-0.2, 0) is 6.54 Å².